The predicted molar refractivity (Wildman–Crippen MR) is 83.1 cm³/mol. The molecule has 9 heteroatoms. The predicted octanol–water partition coefficient (Wildman–Crippen LogP) is 2.44. The lowest BCUT2D eigenvalue weighted by atomic mass is 10.0. The molecule has 0 atom stereocenters. The van der Waals surface area contributed by atoms with Crippen molar-refractivity contribution in [3.8, 4) is 0 Å². The van der Waals surface area contributed by atoms with Gasteiger partial charge in [-0.2, -0.15) is 0 Å². The normalized spacial score (nSPS) is 10.7. The number of nitrogens with one attached hydrogen (secondary N) is 1. The van der Waals surface area contributed by atoms with Gasteiger partial charge in [0.2, 0.25) is 5.95 Å². The maximum Gasteiger partial charge on any atom is 0.258 e. The molecule has 0 aliphatic heterocycles. The molecule has 0 bridgehead atoms. The molecule has 2 aromatic rings. The van der Waals surface area contributed by atoms with Crippen LogP contribution in [0.2, 0.25) is 0 Å². The van der Waals surface area contributed by atoms with E-state index < -0.39 is 0 Å². The molecule has 112 valence electrons. The van der Waals surface area contributed by atoms with Crippen molar-refractivity contribution >= 4 is 39.8 Å². The first-order valence-corrected chi connectivity index (χ1v) is 7.67. The van der Waals surface area contributed by atoms with Crippen molar-refractivity contribution in [3.63, 3.8) is 0 Å². The fourth-order valence-electron chi connectivity index (χ4n) is 1.84. The number of anilines is 1. The monoisotopic (exact) mass is 371 g/mol. The van der Waals surface area contributed by atoms with Crippen LogP contribution in [0.25, 0.3) is 0 Å². The van der Waals surface area contributed by atoms with Crippen molar-refractivity contribution in [2.75, 3.05) is 12.4 Å². The lowest BCUT2D eigenvalue weighted by Gasteiger charge is -2.13. The van der Waals surface area contributed by atoms with Gasteiger partial charge in [0, 0.05) is 29.1 Å². The highest BCUT2D eigenvalue weighted by molar-refractivity contribution is 9.10. The number of amides is 1. The zero-order valence-electron chi connectivity index (χ0n) is 11.8. The van der Waals surface area contributed by atoms with Crippen LogP contribution in [0.15, 0.2) is 21.5 Å². The van der Waals surface area contributed by atoms with Crippen molar-refractivity contribution in [3.05, 3.63) is 27.7 Å². The number of hydrogen-bond donors (Lipinski definition) is 1. The minimum Gasteiger partial charge on any atom is -0.314 e. The second-order valence-electron chi connectivity index (χ2n) is 4.09. The Balaban J connectivity index is 2.36. The number of aromatic nitrogens is 4. The van der Waals surface area contributed by atoms with Gasteiger partial charge in [-0.15, -0.1) is 0 Å². The fourth-order valence-corrected chi connectivity index (χ4v) is 3.08. The van der Waals surface area contributed by atoms with Crippen LogP contribution in [-0.4, -0.2) is 33.2 Å². The van der Waals surface area contributed by atoms with Crippen molar-refractivity contribution in [2.24, 2.45) is 7.05 Å². The Labute approximate surface area is 134 Å². The molecule has 0 radical (unpaired) electrons. The van der Waals surface area contributed by atoms with E-state index in [0.29, 0.717) is 17.9 Å². The van der Waals surface area contributed by atoms with E-state index in [1.165, 1.54) is 16.7 Å². The number of nitrogens with zero attached hydrogens (tertiary/aromatic N) is 4. The number of hydrogen-bond acceptors (Lipinski definition) is 6. The van der Waals surface area contributed by atoms with Gasteiger partial charge in [-0.25, -0.2) is 4.68 Å². The van der Waals surface area contributed by atoms with Crippen molar-refractivity contribution < 1.29 is 8.98 Å². The van der Waals surface area contributed by atoms with Gasteiger partial charge in [0.05, 0.1) is 12.0 Å². The summed E-state index contributed by atoms with van der Waals surface area (Å²) in [5, 5.41) is 13.6. The molecule has 7 nitrogen and oxygen atoms in total. The van der Waals surface area contributed by atoms with E-state index in [4.69, 9.17) is 4.18 Å². The highest BCUT2D eigenvalue weighted by Crippen LogP contribution is 2.34. The van der Waals surface area contributed by atoms with Gasteiger partial charge in [-0.3, -0.25) is 10.1 Å². The summed E-state index contributed by atoms with van der Waals surface area (Å²) in [5.41, 5.74) is 1.48. The lowest BCUT2D eigenvalue weighted by Crippen LogP contribution is -2.17. The average molecular weight is 372 g/mol. The minimum absolute atomic E-state index is 0.254. The summed E-state index contributed by atoms with van der Waals surface area (Å²) in [4.78, 5) is 13.3. The maximum absolute atomic E-state index is 12.4. The van der Waals surface area contributed by atoms with E-state index in [1.807, 2.05) is 13.0 Å². The number of rotatable bonds is 5. The van der Waals surface area contributed by atoms with E-state index in [-0.39, 0.29) is 5.91 Å². The first-order chi connectivity index (χ1) is 10.1. The molecule has 0 aliphatic rings. The van der Waals surface area contributed by atoms with Gasteiger partial charge < -0.3 is 4.18 Å². The molecule has 1 amide bonds. The third-order valence-corrected chi connectivity index (χ3v) is 4.55. The van der Waals surface area contributed by atoms with Crippen molar-refractivity contribution in [2.45, 2.75) is 18.2 Å². The molecule has 0 spiro atoms. The molecule has 0 fully saturated rings. The summed E-state index contributed by atoms with van der Waals surface area (Å²) in [7, 11) is 3.25. The SMILES string of the molecule is CCc1c(C(=O)Nc2nnnn2C)ccc(Br)c1SOC. The van der Waals surface area contributed by atoms with Gasteiger partial charge >= 0.3 is 0 Å². The highest BCUT2D eigenvalue weighted by Gasteiger charge is 2.18. The topological polar surface area (TPSA) is 81.9 Å². The minimum atomic E-state index is -0.254. The largest absolute Gasteiger partial charge is 0.314 e. The van der Waals surface area contributed by atoms with Crippen LogP contribution in [0, 0.1) is 0 Å². The van der Waals surface area contributed by atoms with Crippen LogP contribution < -0.4 is 5.32 Å². The number of carbonyl (C=O) groups is 1. The standard InChI is InChI=1S/C12H14BrN5O2S/c1-4-7-8(5-6-9(13)10(7)21-20-3)11(19)14-12-15-16-17-18(12)2/h5-6H,4H2,1-3H3,(H,14,15,17,19). The Morgan fingerprint density at radius 2 is 2.29 bits per heavy atom. The zero-order valence-corrected chi connectivity index (χ0v) is 14.2. The Kier molecular flexibility index (Phi) is 5.32. The Hall–Kier alpha value is -1.45. The number of carbonyl (C=O) groups excluding carboxylic acids is 1. The summed E-state index contributed by atoms with van der Waals surface area (Å²) in [6, 6.07) is 3.59. The summed E-state index contributed by atoms with van der Waals surface area (Å²) in [6.07, 6.45) is 0.699. The second-order valence-corrected chi connectivity index (χ2v) is 5.85. The third-order valence-electron chi connectivity index (χ3n) is 2.82. The Morgan fingerprint density at radius 3 is 2.86 bits per heavy atom. The van der Waals surface area contributed by atoms with Gasteiger partial charge in [0.1, 0.15) is 0 Å². The smallest absolute Gasteiger partial charge is 0.258 e. The molecule has 0 saturated carbocycles. The highest BCUT2D eigenvalue weighted by atomic mass is 79.9. The summed E-state index contributed by atoms with van der Waals surface area (Å²) in [5.74, 6) is 0.0427. The molecule has 1 heterocycles. The second kappa shape index (κ2) is 7.01. The Morgan fingerprint density at radius 1 is 1.52 bits per heavy atom. The third kappa shape index (κ3) is 3.42. The molecule has 0 saturated heterocycles. The first-order valence-electron chi connectivity index (χ1n) is 6.14. The van der Waals surface area contributed by atoms with Crippen molar-refractivity contribution in [1.82, 2.24) is 20.2 Å². The number of aryl methyl sites for hydroxylation is 1. The number of benzene rings is 1. The van der Waals surface area contributed by atoms with E-state index in [1.54, 1.807) is 20.2 Å². The summed E-state index contributed by atoms with van der Waals surface area (Å²) >= 11 is 4.70. The van der Waals surface area contributed by atoms with Crippen LogP contribution in [0.1, 0.15) is 22.8 Å². The molecule has 2 rings (SSSR count). The summed E-state index contributed by atoms with van der Waals surface area (Å²) < 4.78 is 7.42. The van der Waals surface area contributed by atoms with Gasteiger partial charge in [0.25, 0.3) is 5.91 Å². The van der Waals surface area contributed by atoms with Crippen LogP contribution in [0.3, 0.4) is 0 Å². The quantitative estimate of drug-likeness (QED) is 0.812. The maximum atomic E-state index is 12.4. The van der Waals surface area contributed by atoms with Gasteiger partial charge in [-0.05, 0) is 50.5 Å². The van der Waals surface area contributed by atoms with E-state index in [2.05, 4.69) is 36.8 Å². The fraction of sp³-hybridized carbons (Fsp3) is 0.333. The van der Waals surface area contributed by atoms with E-state index in [0.717, 1.165) is 14.9 Å². The lowest BCUT2D eigenvalue weighted by molar-refractivity contribution is 0.102. The van der Waals surface area contributed by atoms with Crippen LogP contribution in [0.5, 0.6) is 0 Å². The molecule has 1 N–H and O–H groups in total. The molecule has 1 aromatic heterocycles. The number of halogens is 1. The van der Waals surface area contributed by atoms with Gasteiger partial charge in [0.15, 0.2) is 0 Å². The van der Waals surface area contributed by atoms with E-state index >= 15 is 0 Å². The summed E-state index contributed by atoms with van der Waals surface area (Å²) in [6.45, 7) is 1.99. The van der Waals surface area contributed by atoms with Gasteiger partial charge in [-0.1, -0.05) is 12.0 Å². The first kappa shape index (κ1) is 15.9. The van der Waals surface area contributed by atoms with E-state index in [9.17, 15) is 4.79 Å². The average Bonchev–Trinajstić information content (AvgIpc) is 2.86. The Bertz CT molecular complexity index is 661. The molecule has 0 aliphatic carbocycles. The molecule has 21 heavy (non-hydrogen) atoms. The molecule has 0 unspecified atom stereocenters. The van der Waals surface area contributed by atoms with Crippen molar-refractivity contribution in [1.29, 1.82) is 0 Å². The molecular formula is C12H14BrN5O2S. The number of tetrazole rings is 1. The zero-order chi connectivity index (χ0) is 15.4. The molecule has 1 aromatic carbocycles. The van der Waals surface area contributed by atoms with Crippen LogP contribution in [-0.2, 0) is 17.7 Å². The molecular weight excluding hydrogens is 358 g/mol. The van der Waals surface area contributed by atoms with Crippen LogP contribution >= 0.6 is 28.0 Å². The van der Waals surface area contributed by atoms with Crippen LogP contribution in [0.4, 0.5) is 5.95 Å².